The van der Waals surface area contributed by atoms with Crippen LogP contribution < -0.4 is 0 Å². The van der Waals surface area contributed by atoms with Crippen LogP contribution >= 0.6 is 0 Å². The second kappa shape index (κ2) is 6.68. The number of Topliss-reactive ketones (excluding diaryl/α,β-unsaturated/α-hetero) is 1. The van der Waals surface area contributed by atoms with Crippen molar-refractivity contribution in [2.24, 2.45) is 4.99 Å². The Kier molecular flexibility index (Phi) is 5.48. The van der Waals surface area contributed by atoms with Gasteiger partial charge in [0.1, 0.15) is 5.76 Å². The molecular formula is C15H23NO4. The van der Waals surface area contributed by atoms with Crippen LogP contribution in [0.15, 0.2) is 16.3 Å². The molecule has 0 spiro atoms. The van der Waals surface area contributed by atoms with Crippen molar-refractivity contribution in [3.8, 4) is 0 Å². The molecule has 1 aliphatic carbocycles. The summed E-state index contributed by atoms with van der Waals surface area (Å²) in [5.74, 6) is -0.556. The molecule has 20 heavy (non-hydrogen) atoms. The summed E-state index contributed by atoms with van der Waals surface area (Å²) in [6, 6.07) is 0. The van der Waals surface area contributed by atoms with Crippen molar-refractivity contribution in [3.05, 3.63) is 11.3 Å². The van der Waals surface area contributed by atoms with Crippen LogP contribution in [0.5, 0.6) is 0 Å². The number of ketones is 1. The van der Waals surface area contributed by atoms with Crippen LogP contribution in [-0.4, -0.2) is 35.2 Å². The van der Waals surface area contributed by atoms with Crippen LogP contribution in [0.1, 0.15) is 52.9 Å². The number of aliphatic hydroxyl groups is 1. The van der Waals surface area contributed by atoms with Gasteiger partial charge in [-0.2, -0.15) is 0 Å². The first-order valence-electron chi connectivity index (χ1n) is 6.86. The monoisotopic (exact) mass is 281 g/mol. The van der Waals surface area contributed by atoms with Crippen molar-refractivity contribution < 1.29 is 19.4 Å². The maximum absolute atomic E-state index is 12.0. The molecule has 5 heteroatoms. The van der Waals surface area contributed by atoms with Gasteiger partial charge in [0.05, 0.1) is 24.6 Å². The topological polar surface area (TPSA) is 76.0 Å². The van der Waals surface area contributed by atoms with E-state index in [1.165, 1.54) is 7.11 Å². The lowest BCUT2D eigenvalue weighted by atomic mass is 9.89. The first kappa shape index (κ1) is 16.4. The van der Waals surface area contributed by atoms with Gasteiger partial charge < -0.3 is 9.84 Å². The van der Waals surface area contributed by atoms with Crippen LogP contribution in [0.25, 0.3) is 0 Å². The standard InChI is InChI=1S/C15H23NO4/c1-15(2,3)16-10-6-5-7-11(17)14(10)12(18)8-9-13(19)20-4/h18H,5-9H2,1-4H3. The van der Waals surface area contributed by atoms with Crippen LogP contribution in [0.2, 0.25) is 0 Å². The van der Waals surface area contributed by atoms with Gasteiger partial charge in [-0.25, -0.2) is 0 Å². The molecule has 0 aromatic rings. The molecular weight excluding hydrogens is 258 g/mol. The molecule has 1 saturated carbocycles. The molecule has 0 aliphatic heterocycles. The number of aliphatic imine (C=N–C) groups is 1. The van der Waals surface area contributed by atoms with Crippen molar-refractivity contribution >= 4 is 17.5 Å². The van der Waals surface area contributed by atoms with Crippen LogP contribution in [0.3, 0.4) is 0 Å². The lowest BCUT2D eigenvalue weighted by molar-refractivity contribution is -0.140. The van der Waals surface area contributed by atoms with E-state index < -0.39 is 5.97 Å². The Hall–Kier alpha value is -1.65. The Morgan fingerprint density at radius 2 is 1.95 bits per heavy atom. The number of methoxy groups -OCH3 is 1. The molecule has 0 bridgehead atoms. The highest BCUT2D eigenvalue weighted by molar-refractivity contribution is 6.24. The molecule has 0 saturated heterocycles. The third-order valence-electron chi connectivity index (χ3n) is 2.94. The van der Waals surface area contributed by atoms with Gasteiger partial charge in [0, 0.05) is 18.6 Å². The number of nitrogens with zero attached hydrogens (tertiary/aromatic N) is 1. The summed E-state index contributed by atoms with van der Waals surface area (Å²) >= 11 is 0. The number of allylic oxidation sites excluding steroid dienone is 2. The molecule has 0 aromatic heterocycles. The van der Waals surface area contributed by atoms with E-state index in [2.05, 4.69) is 9.73 Å². The summed E-state index contributed by atoms with van der Waals surface area (Å²) in [5, 5.41) is 10.1. The second-order valence-corrected chi connectivity index (χ2v) is 5.90. The first-order valence-corrected chi connectivity index (χ1v) is 6.86. The number of rotatable bonds is 3. The highest BCUT2D eigenvalue weighted by Gasteiger charge is 2.27. The van der Waals surface area contributed by atoms with Crippen molar-refractivity contribution in [1.29, 1.82) is 0 Å². The molecule has 1 rings (SSSR count). The number of hydrogen-bond acceptors (Lipinski definition) is 5. The van der Waals surface area contributed by atoms with E-state index in [-0.39, 0.29) is 29.9 Å². The zero-order valence-corrected chi connectivity index (χ0v) is 12.7. The maximum Gasteiger partial charge on any atom is 0.305 e. The smallest absolute Gasteiger partial charge is 0.305 e. The van der Waals surface area contributed by atoms with Crippen LogP contribution in [-0.2, 0) is 14.3 Å². The lowest BCUT2D eigenvalue weighted by Gasteiger charge is -2.22. The highest BCUT2D eigenvalue weighted by Crippen LogP contribution is 2.24. The van der Waals surface area contributed by atoms with Crippen LogP contribution in [0.4, 0.5) is 0 Å². The van der Waals surface area contributed by atoms with E-state index in [9.17, 15) is 14.7 Å². The SMILES string of the molecule is COC(=O)CCC(O)=C1C(=O)CCCC1=NC(C)(C)C. The summed E-state index contributed by atoms with van der Waals surface area (Å²) < 4.78 is 4.53. The zero-order valence-electron chi connectivity index (χ0n) is 12.7. The van der Waals surface area contributed by atoms with E-state index in [0.717, 1.165) is 6.42 Å². The van der Waals surface area contributed by atoms with E-state index in [4.69, 9.17) is 0 Å². The maximum atomic E-state index is 12.0. The van der Waals surface area contributed by atoms with Gasteiger partial charge in [0.2, 0.25) is 0 Å². The number of ether oxygens (including phenoxy) is 1. The Balaban J connectivity index is 3.02. The van der Waals surface area contributed by atoms with Crippen molar-refractivity contribution in [2.75, 3.05) is 7.11 Å². The molecule has 0 aromatic carbocycles. The van der Waals surface area contributed by atoms with E-state index in [1.54, 1.807) is 0 Å². The molecule has 1 aliphatic rings. The minimum absolute atomic E-state index is 0.0527. The first-order chi connectivity index (χ1) is 9.24. The van der Waals surface area contributed by atoms with E-state index in [1.807, 2.05) is 20.8 Å². The van der Waals surface area contributed by atoms with Crippen molar-refractivity contribution in [2.45, 2.75) is 58.4 Å². The van der Waals surface area contributed by atoms with Crippen molar-refractivity contribution in [1.82, 2.24) is 0 Å². The normalized spacial score (nSPS) is 21.0. The number of aliphatic hydroxyl groups excluding tert-OH is 1. The van der Waals surface area contributed by atoms with Crippen LogP contribution in [0, 0.1) is 0 Å². The molecule has 5 nitrogen and oxygen atoms in total. The molecule has 1 N–H and O–H groups in total. The lowest BCUT2D eigenvalue weighted by Crippen LogP contribution is -2.25. The van der Waals surface area contributed by atoms with Gasteiger partial charge in [0.15, 0.2) is 5.78 Å². The van der Waals surface area contributed by atoms with Gasteiger partial charge in [-0.05, 0) is 33.6 Å². The van der Waals surface area contributed by atoms with E-state index in [0.29, 0.717) is 24.1 Å². The fourth-order valence-electron chi connectivity index (χ4n) is 2.12. The Bertz CT molecular complexity index is 455. The predicted octanol–water partition coefficient (Wildman–Crippen LogP) is 2.74. The summed E-state index contributed by atoms with van der Waals surface area (Å²) in [5.41, 5.74) is 0.645. The van der Waals surface area contributed by atoms with Gasteiger partial charge in [-0.3, -0.25) is 14.6 Å². The third kappa shape index (κ3) is 4.79. The molecule has 112 valence electrons. The molecule has 0 atom stereocenters. The van der Waals surface area contributed by atoms with Crippen molar-refractivity contribution in [3.63, 3.8) is 0 Å². The minimum atomic E-state index is -0.408. The number of carbonyl (C=O) groups is 2. The van der Waals surface area contributed by atoms with Gasteiger partial charge in [-0.15, -0.1) is 0 Å². The summed E-state index contributed by atoms with van der Waals surface area (Å²) in [6.07, 6.45) is 2.02. The van der Waals surface area contributed by atoms with E-state index >= 15 is 0 Å². The number of hydrogen-bond donors (Lipinski definition) is 1. The summed E-state index contributed by atoms with van der Waals surface area (Å²) in [4.78, 5) is 27.7. The molecule has 0 radical (unpaired) electrons. The zero-order chi connectivity index (χ0) is 15.3. The number of carbonyl (C=O) groups excluding carboxylic acids is 2. The molecule has 1 fully saturated rings. The Morgan fingerprint density at radius 1 is 1.30 bits per heavy atom. The fourth-order valence-corrected chi connectivity index (χ4v) is 2.12. The Labute approximate surface area is 119 Å². The van der Waals surface area contributed by atoms with Gasteiger partial charge in [0.25, 0.3) is 0 Å². The van der Waals surface area contributed by atoms with Gasteiger partial charge >= 0.3 is 5.97 Å². The Morgan fingerprint density at radius 3 is 2.50 bits per heavy atom. The number of esters is 1. The largest absolute Gasteiger partial charge is 0.511 e. The molecule has 0 amide bonds. The average Bonchev–Trinajstić information content (AvgIpc) is 2.33. The second-order valence-electron chi connectivity index (χ2n) is 5.90. The fraction of sp³-hybridized carbons (Fsp3) is 0.667. The van der Waals surface area contributed by atoms with Gasteiger partial charge in [-0.1, -0.05) is 0 Å². The average molecular weight is 281 g/mol. The highest BCUT2D eigenvalue weighted by atomic mass is 16.5. The quantitative estimate of drug-likeness (QED) is 0.490. The third-order valence-corrected chi connectivity index (χ3v) is 2.94. The molecule has 0 heterocycles. The summed E-state index contributed by atoms with van der Waals surface area (Å²) in [7, 11) is 1.30. The summed E-state index contributed by atoms with van der Waals surface area (Å²) in [6.45, 7) is 5.84. The molecule has 0 unspecified atom stereocenters. The minimum Gasteiger partial charge on any atom is -0.511 e. The predicted molar refractivity (Wildman–Crippen MR) is 77.0 cm³/mol.